The number of anilines is 1. The van der Waals surface area contributed by atoms with Crippen molar-refractivity contribution in [3.05, 3.63) is 58.3 Å². The molecule has 0 spiro atoms. The summed E-state index contributed by atoms with van der Waals surface area (Å²) in [5.74, 6) is -0.871. The molecule has 0 fully saturated rings. The minimum Gasteiger partial charge on any atom is -0.399 e. The molecule has 4 nitrogen and oxygen atoms in total. The minimum atomic E-state index is -3.92. The molecule has 0 saturated heterocycles. The topological polar surface area (TPSA) is 72.2 Å². The second-order valence-electron chi connectivity index (χ2n) is 4.11. The van der Waals surface area contributed by atoms with Crippen molar-refractivity contribution in [2.24, 2.45) is 0 Å². The van der Waals surface area contributed by atoms with E-state index in [4.69, 9.17) is 5.73 Å². The van der Waals surface area contributed by atoms with Crippen molar-refractivity contribution in [1.82, 2.24) is 4.72 Å². The van der Waals surface area contributed by atoms with Gasteiger partial charge in [-0.2, -0.15) is 0 Å². The Morgan fingerprint density at radius 1 is 1.20 bits per heavy atom. The van der Waals surface area contributed by atoms with E-state index in [1.54, 1.807) is 18.2 Å². The molecule has 0 aliphatic carbocycles. The first-order valence-electron chi connectivity index (χ1n) is 5.68. The standard InChI is InChI=1S/C13H12BrFN2O2S/c14-11-4-2-1-3-9(11)8-17-20(18,19)13-6-5-10(16)7-12(13)15/h1-7,17H,8,16H2. The zero-order valence-electron chi connectivity index (χ0n) is 10.3. The molecule has 0 aromatic heterocycles. The van der Waals surface area contributed by atoms with Gasteiger partial charge in [-0.25, -0.2) is 17.5 Å². The highest BCUT2D eigenvalue weighted by Gasteiger charge is 2.19. The molecule has 106 valence electrons. The highest BCUT2D eigenvalue weighted by molar-refractivity contribution is 9.10. The smallest absolute Gasteiger partial charge is 0.243 e. The lowest BCUT2D eigenvalue weighted by Crippen LogP contribution is -2.24. The Bertz CT molecular complexity index is 735. The Morgan fingerprint density at radius 3 is 2.55 bits per heavy atom. The Labute approximate surface area is 125 Å². The van der Waals surface area contributed by atoms with Crippen LogP contribution in [0.1, 0.15) is 5.56 Å². The van der Waals surface area contributed by atoms with Gasteiger partial charge < -0.3 is 5.73 Å². The first-order chi connectivity index (χ1) is 9.40. The number of sulfonamides is 1. The van der Waals surface area contributed by atoms with Crippen molar-refractivity contribution < 1.29 is 12.8 Å². The third-order valence-corrected chi connectivity index (χ3v) is 4.86. The van der Waals surface area contributed by atoms with E-state index in [9.17, 15) is 12.8 Å². The molecule has 0 heterocycles. The Kier molecular flexibility index (Phi) is 4.42. The number of nitrogens with one attached hydrogen (secondary N) is 1. The van der Waals surface area contributed by atoms with E-state index in [1.807, 2.05) is 6.07 Å². The van der Waals surface area contributed by atoms with Crippen molar-refractivity contribution in [2.45, 2.75) is 11.4 Å². The number of rotatable bonds is 4. The van der Waals surface area contributed by atoms with Gasteiger partial charge >= 0.3 is 0 Å². The van der Waals surface area contributed by atoms with Crippen LogP contribution in [0.3, 0.4) is 0 Å². The molecule has 0 aliphatic heterocycles. The highest BCUT2D eigenvalue weighted by atomic mass is 79.9. The lowest BCUT2D eigenvalue weighted by molar-refractivity contribution is 0.557. The Balaban J connectivity index is 2.22. The van der Waals surface area contributed by atoms with Crippen LogP contribution in [0, 0.1) is 5.82 Å². The van der Waals surface area contributed by atoms with Crippen LogP contribution >= 0.6 is 15.9 Å². The molecule has 2 aromatic rings. The van der Waals surface area contributed by atoms with Gasteiger partial charge in [-0.15, -0.1) is 0 Å². The summed E-state index contributed by atoms with van der Waals surface area (Å²) in [7, 11) is -3.92. The normalized spacial score (nSPS) is 11.5. The number of nitrogen functional groups attached to an aromatic ring is 1. The van der Waals surface area contributed by atoms with Crippen LogP contribution < -0.4 is 10.5 Å². The average molecular weight is 359 g/mol. The second-order valence-corrected chi connectivity index (χ2v) is 6.70. The van der Waals surface area contributed by atoms with E-state index >= 15 is 0 Å². The van der Waals surface area contributed by atoms with E-state index in [1.165, 1.54) is 6.07 Å². The SMILES string of the molecule is Nc1ccc(S(=O)(=O)NCc2ccccc2Br)c(F)c1. The Morgan fingerprint density at radius 2 is 1.90 bits per heavy atom. The lowest BCUT2D eigenvalue weighted by Gasteiger charge is -2.09. The zero-order chi connectivity index (χ0) is 14.8. The van der Waals surface area contributed by atoms with Crippen molar-refractivity contribution in [3.8, 4) is 0 Å². The van der Waals surface area contributed by atoms with Gasteiger partial charge in [0.1, 0.15) is 10.7 Å². The molecule has 0 amide bonds. The molecule has 0 aliphatic rings. The summed E-state index contributed by atoms with van der Waals surface area (Å²) in [4.78, 5) is -0.418. The number of halogens is 2. The fourth-order valence-electron chi connectivity index (χ4n) is 1.63. The summed E-state index contributed by atoms with van der Waals surface area (Å²) >= 11 is 3.32. The van der Waals surface area contributed by atoms with Gasteiger partial charge in [-0.1, -0.05) is 34.1 Å². The first-order valence-corrected chi connectivity index (χ1v) is 7.96. The van der Waals surface area contributed by atoms with E-state index in [0.29, 0.717) is 0 Å². The van der Waals surface area contributed by atoms with Crippen LogP contribution in [0.25, 0.3) is 0 Å². The van der Waals surface area contributed by atoms with Crippen molar-refractivity contribution in [3.63, 3.8) is 0 Å². The summed E-state index contributed by atoms with van der Waals surface area (Å²) in [5.41, 5.74) is 6.32. The summed E-state index contributed by atoms with van der Waals surface area (Å²) in [5, 5.41) is 0. The van der Waals surface area contributed by atoms with Crippen molar-refractivity contribution in [2.75, 3.05) is 5.73 Å². The molecule has 20 heavy (non-hydrogen) atoms. The minimum absolute atomic E-state index is 0.0631. The van der Waals surface area contributed by atoms with Crippen molar-refractivity contribution >= 4 is 31.6 Å². The average Bonchev–Trinajstić information content (AvgIpc) is 2.37. The molecule has 0 radical (unpaired) electrons. The molecule has 7 heteroatoms. The molecule has 3 N–H and O–H groups in total. The van der Waals surface area contributed by atoms with E-state index < -0.39 is 20.7 Å². The van der Waals surface area contributed by atoms with Crippen LogP contribution in [-0.2, 0) is 16.6 Å². The maximum atomic E-state index is 13.6. The van der Waals surface area contributed by atoms with Gasteiger partial charge in [0.05, 0.1) is 0 Å². The van der Waals surface area contributed by atoms with Crippen LogP contribution in [0.15, 0.2) is 51.8 Å². The largest absolute Gasteiger partial charge is 0.399 e. The molecular formula is C13H12BrFN2O2S. The molecule has 0 bridgehead atoms. The number of hydrogen-bond donors (Lipinski definition) is 2. The van der Waals surface area contributed by atoms with Gasteiger partial charge in [0.25, 0.3) is 0 Å². The van der Waals surface area contributed by atoms with Crippen LogP contribution in [0.5, 0.6) is 0 Å². The van der Waals surface area contributed by atoms with Gasteiger partial charge in [0.15, 0.2) is 0 Å². The van der Waals surface area contributed by atoms with Gasteiger partial charge in [-0.3, -0.25) is 0 Å². The lowest BCUT2D eigenvalue weighted by atomic mass is 10.2. The number of benzene rings is 2. The fraction of sp³-hybridized carbons (Fsp3) is 0.0769. The predicted molar refractivity (Wildman–Crippen MR) is 79.0 cm³/mol. The molecule has 2 rings (SSSR count). The molecular weight excluding hydrogens is 347 g/mol. The summed E-state index contributed by atoms with van der Waals surface area (Å²) in [6, 6.07) is 10.6. The van der Waals surface area contributed by atoms with Gasteiger partial charge in [0.2, 0.25) is 10.0 Å². The van der Waals surface area contributed by atoms with Crippen LogP contribution in [0.4, 0.5) is 10.1 Å². The van der Waals surface area contributed by atoms with E-state index in [0.717, 1.165) is 22.2 Å². The number of hydrogen-bond acceptors (Lipinski definition) is 3. The Hall–Kier alpha value is -1.44. The fourth-order valence-corrected chi connectivity index (χ4v) is 3.12. The van der Waals surface area contributed by atoms with Crippen LogP contribution in [0.2, 0.25) is 0 Å². The van der Waals surface area contributed by atoms with E-state index in [-0.39, 0.29) is 12.2 Å². The summed E-state index contributed by atoms with van der Waals surface area (Å²) in [6.07, 6.45) is 0. The van der Waals surface area contributed by atoms with E-state index in [2.05, 4.69) is 20.7 Å². The summed E-state index contributed by atoms with van der Waals surface area (Å²) in [6.45, 7) is 0.0631. The third kappa shape index (κ3) is 3.36. The monoisotopic (exact) mass is 358 g/mol. The maximum Gasteiger partial charge on any atom is 0.243 e. The molecule has 0 saturated carbocycles. The van der Waals surface area contributed by atoms with Gasteiger partial charge in [0, 0.05) is 16.7 Å². The third-order valence-electron chi connectivity index (χ3n) is 2.66. The zero-order valence-corrected chi connectivity index (χ0v) is 12.7. The quantitative estimate of drug-likeness (QED) is 0.825. The highest BCUT2D eigenvalue weighted by Crippen LogP contribution is 2.19. The molecule has 2 aromatic carbocycles. The van der Waals surface area contributed by atoms with Crippen LogP contribution in [-0.4, -0.2) is 8.42 Å². The summed E-state index contributed by atoms with van der Waals surface area (Å²) < 4.78 is 40.9. The van der Waals surface area contributed by atoms with Crippen molar-refractivity contribution in [1.29, 1.82) is 0 Å². The molecule has 0 atom stereocenters. The number of nitrogens with two attached hydrogens (primary N) is 1. The predicted octanol–water partition coefficient (Wildman–Crippen LogP) is 2.65. The van der Waals surface area contributed by atoms with Gasteiger partial charge in [-0.05, 0) is 29.8 Å². The second kappa shape index (κ2) is 5.90. The molecule has 0 unspecified atom stereocenters. The maximum absolute atomic E-state index is 13.6. The first kappa shape index (κ1) is 15.0.